The molecule has 5 aliphatic rings. The first kappa shape index (κ1) is 25.5. The fraction of sp³-hybridized carbons (Fsp3) is 0.710. The van der Waals surface area contributed by atoms with Crippen LogP contribution in [0.1, 0.15) is 83.1 Å². The summed E-state index contributed by atoms with van der Waals surface area (Å²) in [5, 5.41) is 13.0. The molecule has 4 bridgehead atoms. The molecule has 2 saturated carbocycles. The maximum Gasteiger partial charge on any atom is 0.328 e. The Hall–Kier alpha value is -2.45. The van der Waals surface area contributed by atoms with Crippen LogP contribution in [0.25, 0.3) is 11.0 Å². The zero-order valence-electron chi connectivity index (χ0n) is 23.2. The van der Waals surface area contributed by atoms with Crippen LogP contribution in [0, 0.1) is 11.8 Å². The highest BCUT2D eigenvalue weighted by molar-refractivity contribution is 5.83. The molecule has 0 amide bonds. The Morgan fingerprint density at radius 3 is 2.26 bits per heavy atom. The first-order chi connectivity index (χ1) is 19.0. The number of carboxylic acid groups (broad SMARTS) is 1. The van der Waals surface area contributed by atoms with Crippen LogP contribution in [-0.2, 0) is 4.79 Å². The first-order valence-corrected chi connectivity index (χ1v) is 15.5. The third kappa shape index (κ3) is 4.38. The Morgan fingerprint density at radius 2 is 1.59 bits per heavy atom. The molecule has 7 rings (SSSR count). The highest BCUT2D eigenvalue weighted by atomic mass is 16.4. The lowest BCUT2D eigenvalue weighted by Gasteiger charge is -2.54. The van der Waals surface area contributed by atoms with Gasteiger partial charge in [-0.25, -0.2) is 9.78 Å². The van der Waals surface area contributed by atoms with Gasteiger partial charge < -0.3 is 19.9 Å². The van der Waals surface area contributed by atoms with Crippen LogP contribution in [0.4, 0.5) is 5.82 Å². The van der Waals surface area contributed by atoms with E-state index >= 15 is 0 Å². The highest BCUT2D eigenvalue weighted by Crippen LogP contribution is 2.47. The van der Waals surface area contributed by atoms with E-state index in [1.54, 1.807) is 11.9 Å². The van der Waals surface area contributed by atoms with Crippen molar-refractivity contribution in [1.82, 2.24) is 19.8 Å². The summed E-state index contributed by atoms with van der Waals surface area (Å²) in [6.45, 7) is 0.474. The minimum atomic E-state index is -0.919. The van der Waals surface area contributed by atoms with Crippen molar-refractivity contribution >= 4 is 22.8 Å². The molecule has 3 saturated heterocycles. The van der Waals surface area contributed by atoms with Crippen molar-refractivity contribution in [2.45, 2.75) is 113 Å². The van der Waals surface area contributed by atoms with E-state index < -0.39 is 12.0 Å². The lowest BCUT2D eigenvalue weighted by Crippen LogP contribution is -2.69. The zero-order chi connectivity index (χ0) is 26.7. The molecule has 3 aliphatic heterocycles. The number of aromatic nitrogens is 2. The molecule has 2 N–H and O–H groups in total. The molecular weight excluding hydrogens is 490 g/mol. The van der Waals surface area contributed by atoms with Crippen molar-refractivity contribution < 1.29 is 9.90 Å². The van der Waals surface area contributed by atoms with E-state index in [1.165, 1.54) is 64.2 Å². The highest BCUT2D eigenvalue weighted by Gasteiger charge is 2.47. The molecule has 0 radical (unpaired) electrons. The number of rotatable bonds is 5. The third-order valence-electron chi connectivity index (χ3n) is 10.9. The summed E-state index contributed by atoms with van der Waals surface area (Å²) in [4.78, 5) is 35.6. The van der Waals surface area contributed by atoms with Gasteiger partial charge in [-0.15, -0.1) is 0 Å². The molecule has 2 aliphatic carbocycles. The molecule has 1 aromatic heterocycles. The van der Waals surface area contributed by atoms with Crippen LogP contribution >= 0.6 is 0 Å². The summed E-state index contributed by atoms with van der Waals surface area (Å²) in [6.07, 6.45) is 15.6. The Morgan fingerprint density at radius 1 is 0.897 bits per heavy atom. The smallest absolute Gasteiger partial charge is 0.328 e. The van der Waals surface area contributed by atoms with E-state index in [-0.39, 0.29) is 23.5 Å². The van der Waals surface area contributed by atoms with E-state index in [2.05, 4.69) is 10.2 Å². The van der Waals surface area contributed by atoms with Crippen LogP contribution in [0.3, 0.4) is 0 Å². The third-order valence-corrected chi connectivity index (χ3v) is 10.9. The van der Waals surface area contributed by atoms with E-state index in [0.717, 1.165) is 35.7 Å². The standard InChI is InChI=1S/C31H43N5O3/c1-32-26-18-34(28(26)31(38)39)29-30(37)36(27-12-5-4-11-25(27)33-29)24-16-21-9-6-10-22(17-24)35(21)23-14-19-7-2-3-8-20(13-19)15-23/h4-5,11-12,19-24,26,28,32H,2-3,6-10,13-18H2,1H3,(H,38,39)/t19?,20?,21-,22+,23?,24?,26-,28+/m1/s1. The average molecular weight is 534 g/mol. The van der Waals surface area contributed by atoms with Crippen molar-refractivity contribution in [3.05, 3.63) is 34.6 Å². The topological polar surface area (TPSA) is 90.7 Å². The van der Waals surface area contributed by atoms with Crippen LogP contribution in [0.15, 0.2) is 29.1 Å². The maximum atomic E-state index is 14.2. The summed E-state index contributed by atoms with van der Waals surface area (Å²) in [5.74, 6) is 1.18. The normalized spacial score (nSPS) is 36.8. The van der Waals surface area contributed by atoms with Gasteiger partial charge in [-0.1, -0.05) is 44.2 Å². The van der Waals surface area contributed by atoms with Gasteiger partial charge in [-0.05, 0) is 76.0 Å². The lowest BCUT2D eigenvalue weighted by molar-refractivity contribution is -0.140. The lowest BCUT2D eigenvalue weighted by atomic mass is 9.73. The molecule has 0 spiro atoms. The van der Waals surface area contributed by atoms with E-state index in [4.69, 9.17) is 4.98 Å². The van der Waals surface area contributed by atoms with Crippen LogP contribution in [-0.4, -0.2) is 69.3 Å². The van der Waals surface area contributed by atoms with Gasteiger partial charge in [0.25, 0.3) is 5.56 Å². The van der Waals surface area contributed by atoms with Gasteiger partial charge in [0, 0.05) is 30.7 Å². The molecule has 210 valence electrons. The fourth-order valence-corrected chi connectivity index (χ4v) is 9.27. The number of para-hydroxylation sites is 2. The number of nitrogens with zero attached hydrogens (tertiary/aromatic N) is 4. The Kier molecular flexibility index (Phi) is 6.66. The predicted octanol–water partition coefficient (Wildman–Crippen LogP) is 4.17. The number of carboxylic acids is 1. The van der Waals surface area contributed by atoms with E-state index in [9.17, 15) is 14.7 Å². The molecule has 8 nitrogen and oxygen atoms in total. The van der Waals surface area contributed by atoms with Crippen LogP contribution < -0.4 is 15.8 Å². The van der Waals surface area contributed by atoms with E-state index in [1.807, 2.05) is 28.8 Å². The molecule has 1 aromatic carbocycles. The number of benzene rings is 1. The molecule has 39 heavy (non-hydrogen) atoms. The molecule has 7 atom stereocenters. The largest absolute Gasteiger partial charge is 0.480 e. The van der Waals surface area contributed by atoms with Crippen molar-refractivity contribution in [1.29, 1.82) is 0 Å². The Balaban J connectivity index is 1.22. The summed E-state index contributed by atoms with van der Waals surface area (Å²) in [6, 6.07) is 8.83. The molecule has 5 fully saturated rings. The second kappa shape index (κ2) is 10.2. The number of hydrogen-bond acceptors (Lipinski definition) is 6. The summed E-state index contributed by atoms with van der Waals surface area (Å²) < 4.78 is 2.01. The maximum absolute atomic E-state index is 14.2. The quantitative estimate of drug-likeness (QED) is 0.596. The molecule has 2 aromatic rings. The number of likely N-dealkylation sites (N-methyl/N-ethyl adjacent to an activating group) is 1. The Labute approximate surface area is 230 Å². The summed E-state index contributed by atoms with van der Waals surface area (Å²) in [7, 11) is 1.78. The second-order valence-corrected chi connectivity index (χ2v) is 13.1. The van der Waals surface area contributed by atoms with E-state index in [0.29, 0.717) is 24.7 Å². The van der Waals surface area contributed by atoms with Gasteiger partial charge in [-0.2, -0.15) is 0 Å². The summed E-state index contributed by atoms with van der Waals surface area (Å²) in [5.41, 5.74) is 1.52. The van der Waals surface area contributed by atoms with Gasteiger partial charge in [0.05, 0.1) is 17.1 Å². The summed E-state index contributed by atoms with van der Waals surface area (Å²) >= 11 is 0. The number of anilines is 1. The zero-order valence-corrected chi connectivity index (χ0v) is 23.2. The van der Waals surface area contributed by atoms with Gasteiger partial charge in [0.2, 0.25) is 0 Å². The molecule has 4 heterocycles. The van der Waals surface area contributed by atoms with Gasteiger partial charge >= 0.3 is 5.97 Å². The van der Waals surface area contributed by atoms with Gasteiger partial charge in [0.15, 0.2) is 5.82 Å². The number of piperidine rings is 2. The number of aliphatic carboxylic acids is 1. The van der Waals surface area contributed by atoms with Crippen LogP contribution in [0.5, 0.6) is 0 Å². The number of fused-ring (bicyclic) bond motifs is 5. The predicted molar refractivity (Wildman–Crippen MR) is 152 cm³/mol. The van der Waals surface area contributed by atoms with Crippen molar-refractivity contribution in [3.8, 4) is 0 Å². The van der Waals surface area contributed by atoms with Crippen molar-refractivity contribution in [2.24, 2.45) is 11.8 Å². The van der Waals surface area contributed by atoms with Crippen molar-refractivity contribution in [3.63, 3.8) is 0 Å². The number of nitrogens with one attached hydrogen (secondary N) is 1. The molecular formula is C31H43N5O3. The average Bonchev–Trinajstić information content (AvgIpc) is 3.06. The minimum Gasteiger partial charge on any atom is -0.480 e. The van der Waals surface area contributed by atoms with Gasteiger partial charge in [-0.3, -0.25) is 9.69 Å². The Bertz CT molecular complexity index is 1270. The molecule has 8 heteroatoms. The molecule has 3 unspecified atom stereocenters. The minimum absolute atomic E-state index is 0.117. The number of carbonyl (C=O) groups is 1. The van der Waals surface area contributed by atoms with Gasteiger partial charge in [0.1, 0.15) is 6.04 Å². The first-order valence-electron chi connectivity index (χ1n) is 15.5. The van der Waals surface area contributed by atoms with Crippen molar-refractivity contribution in [2.75, 3.05) is 18.5 Å². The fourth-order valence-electron chi connectivity index (χ4n) is 9.27. The van der Waals surface area contributed by atoms with Crippen LogP contribution in [0.2, 0.25) is 0 Å². The monoisotopic (exact) mass is 533 g/mol. The second-order valence-electron chi connectivity index (χ2n) is 13.1. The SMILES string of the molecule is CN[C@@H]1CN(c2nc3ccccc3n(C3C[C@H]4CCC[C@@H](C3)N4C3CC4CCCCC(C4)C3)c2=O)[C@@H]1C(=O)O. The number of hydrogen-bond donors (Lipinski definition) is 2.